The number of hydrogen-bond acceptors (Lipinski definition) is 3. The third-order valence-electron chi connectivity index (χ3n) is 4.82. The second-order valence-electron chi connectivity index (χ2n) is 7.25. The van der Waals surface area contributed by atoms with E-state index in [2.05, 4.69) is 54.8 Å². The Bertz CT molecular complexity index is 627. The van der Waals surface area contributed by atoms with Crippen LogP contribution in [0.3, 0.4) is 0 Å². The van der Waals surface area contributed by atoms with Crippen LogP contribution in [0.5, 0.6) is 0 Å². The molecule has 1 aliphatic rings. The first kappa shape index (κ1) is 16.2. The van der Waals surface area contributed by atoms with Gasteiger partial charge in [-0.15, -0.1) is 0 Å². The average Bonchev–Trinajstić information content (AvgIpc) is 3.17. The van der Waals surface area contributed by atoms with Gasteiger partial charge in [-0.3, -0.25) is 9.67 Å². The first-order valence-corrected chi connectivity index (χ1v) is 8.77. The summed E-state index contributed by atoms with van der Waals surface area (Å²) < 4.78 is 2.03. The molecule has 0 bridgehead atoms. The third kappa shape index (κ3) is 3.63. The number of rotatable bonds is 5. The molecule has 0 radical (unpaired) electrons. The quantitative estimate of drug-likeness (QED) is 0.842. The van der Waals surface area contributed by atoms with E-state index in [9.17, 15) is 0 Å². The molecule has 1 atom stereocenters. The van der Waals surface area contributed by atoms with Crippen LogP contribution in [0.25, 0.3) is 11.4 Å². The molecule has 1 unspecified atom stereocenters. The van der Waals surface area contributed by atoms with Crippen LogP contribution in [0, 0.1) is 5.92 Å². The Morgan fingerprint density at radius 2 is 1.96 bits per heavy atom. The zero-order valence-corrected chi connectivity index (χ0v) is 14.7. The summed E-state index contributed by atoms with van der Waals surface area (Å²) in [6, 6.07) is 7.43. The lowest BCUT2D eigenvalue weighted by Crippen LogP contribution is -2.28. The predicted octanol–water partition coefficient (Wildman–Crippen LogP) is 3.80. The Morgan fingerprint density at radius 3 is 2.57 bits per heavy atom. The van der Waals surface area contributed by atoms with Gasteiger partial charge < -0.3 is 4.90 Å². The van der Waals surface area contributed by atoms with Gasteiger partial charge in [0.2, 0.25) is 0 Å². The summed E-state index contributed by atoms with van der Waals surface area (Å²) in [6.45, 7) is 11.3. The molecule has 0 amide bonds. The largest absolute Gasteiger partial charge is 0.301 e. The van der Waals surface area contributed by atoms with Crippen LogP contribution in [0.1, 0.15) is 45.7 Å². The number of aromatic nitrogens is 3. The monoisotopic (exact) mass is 312 g/mol. The van der Waals surface area contributed by atoms with Gasteiger partial charge in [0.05, 0.1) is 11.4 Å². The zero-order chi connectivity index (χ0) is 16.4. The molecule has 0 spiro atoms. The van der Waals surface area contributed by atoms with Crippen molar-refractivity contribution in [2.24, 2.45) is 5.92 Å². The number of pyridine rings is 1. The fourth-order valence-electron chi connectivity index (χ4n) is 3.46. The van der Waals surface area contributed by atoms with Crippen molar-refractivity contribution < 1.29 is 0 Å². The standard InChI is InChI=1S/C19H28N4/c1-14(2)22-10-8-17(13-22)11-16-5-6-18(20-12-16)19-7-9-21-23(19)15(3)4/h5-7,9,12,14-15,17H,8,10-11,13H2,1-4H3. The van der Waals surface area contributed by atoms with Crippen molar-refractivity contribution in [3.05, 3.63) is 36.2 Å². The topological polar surface area (TPSA) is 34.0 Å². The molecular formula is C19H28N4. The summed E-state index contributed by atoms with van der Waals surface area (Å²) in [5, 5.41) is 4.39. The van der Waals surface area contributed by atoms with Crippen molar-refractivity contribution in [2.45, 2.75) is 52.6 Å². The van der Waals surface area contributed by atoms with E-state index in [1.54, 1.807) is 0 Å². The summed E-state index contributed by atoms with van der Waals surface area (Å²) in [5.41, 5.74) is 3.45. The van der Waals surface area contributed by atoms with Crippen LogP contribution in [0.4, 0.5) is 0 Å². The summed E-state index contributed by atoms with van der Waals surface area (Å²) in [5.74, 6) is 0.770. The molecule has 0 saturated carbocycles. The minimum atomic E-state index is 0.349. The van der Waals surface area contributed by atoms with E-state index in [-0.39, 0.29) is 0 Å². The van der Waals surface area contributed by atoms with Gasteiger partial charge in [0.25, 0.3) is 0 Å². The Labute approximate surface area is 139 Å². The molecule has 1 aliphatic heterocycles. The smallest absolute Gasteiger partial charge is 0.0883 e. The van der Waals surface area contributed by atoms with Crippen molar-refractivity contribution in [1.82, 2.24) is 19.7 Å². The van der Waals surface area contributed by atoms with Gasteiger partial charge in [-0.2, -0.15) is 5.10 Å². The van der Waals surface area contributed by atoms with Crippen LogP contribution < -0.4 is 0 Å². The molecule has 3 heterocycles. The maximum absolute atomic E-state index is 4.69. The van der Waals surface area contributed by atoms with Crippen molar-refractivity contribution in [3.63, 3.8) is 0 Å². The van der Waals surface area contributed by atoms with E-state index >= 15 is 0 Å². The first-order valence-electron chi connectivity index (χ1n) is 8.77. The Morgan fingerprint density at radius 1 is 1.13 bits per heavy atom. The Kier molecular flexibility index (Phi) is 4.81. The van der Waals surface area contributed by atoms with Crippen LogP contribution >= 0.6 is 0 Å². The molecular weight excluding hydrogens is 284 g/mol. The van der Waals surface area contributed by atoms with E-state index in [0.717, 1.165) is 23.7 Å². The Hall–Kier alpha value is -1.68. The first-order chi connectivity index (χ1) is 11.0. The highest BCUT2D eigenvalue weighted by molar-refractivity contribution is 5.54. The van der Waals surface area contributed by atoms with Gasteiger partial charge in [0, 0.05) is 31.0 Å². The van der Waals surface area contributed by atoms with E-state index in [1.807, 2.05) is 23.1 Å². The normalized spacial score (nSPS) is 19.1. The fraction of sp³-hybridized carbons (Fsp3) is 0.579. The molecule has 2 aromatic rings. The van der Waals surface area contributed by atoms with Crippen LogP contribution in [-0.4, -0.2) is 38.8 Å². The molecule has 2 aromatic heterocycles. The lowest BCUT2D eigenvalue weighted by Gasteiger charge is -2.20. The highest BCUT2D eigenvalue weighted by atomic mass is 15.3. The van der Waals surface area contributed by atoms with Crippen LogP contribution in [-0.2, 0) is 6.42 Å². The molecule has 1 fully saturated rings. The molecule has 0 aromatic carbocycles. The van der Waals surface area contributed by atoms with Gasteiger partial charge in [0.1, 0.15) is 0 Å². The van der Waals surface area contributed by atoms with E-state index in [0.29, 0.717) is 12.1 Å². The van der Waals surface area contributed by atoms with E-state index in [4.69, 9.17) is 0 Å². The molecule has 4 heteroatoms. The maximum Gasteiger partial charge on any atom is 0.0883 e. The van der Waals surface area contributed by atoms with Gasteiger partial charge in [-0.25, -0.2) is 0 Å². The molecule has 4 nitrogen and oxygen atoms in total. The fourth-order valence-corrected chi connectivity index (χ4v) is 3.46. The van der Waals surface area contributed by atoms with Gasteiger partial charge in [-0.05, 0) is 70.7 Å². The van der Waals surface area contributed by atoms with Crippen LogP contribution in [0.2, 0.25) is 0 Å². The summed E-state index contributed by atoms with van der Waals surface area (Å²) >= 11 is 0. The van der Waals surface area contributed by atoms with Gasteiger partial charge in [-0.1, -0.05) is 6.07 Å². The SMILES string of the molecule is CC(C)N1CCC(Cc2ccc(-c3ccnn3C(C)C)nc2)C1. The highest BCUT2D eigenvalue weighted by Gasteiger charge is 2.24. The van der Waals surface area contributed by atoms with Gasteiger partial charge >= 0.3 is 0 Å². The third-order valence-corrected chi connectivity index (χ3v) is 4.82. The van der Waals surface area contributed by atoms with Crippen molar-refractivity contribution in [1.29, 1.82) is 0 Å². The second kappa shape index (κ2) is 6.83. The minimum absolute atomic E-state index is 0.349. The van der Waals surface area contributed by atoms with Crippen molar-refractivity contribution >= 4 is 0 Å². The predicted molar refractivity (Wildman–Crippen MR) is 94.4 cm³/mol. The molecule has 0 aliphatic carbocycles. The molecule has 3 rings (SSSR count). The highest BCUT2D eigenvalue weighted by Crippen LogP contribution is 2.24. The van der Waals surface area contributed by atoms with E-state index in [1.165, 1.54) is 25.1 Å². The van der Waals surface area contributed by atoms with Crippen LogP contribution in [0.15, 0.2) is 30.6 Å². The zero-order valence-electron chi connectivity index (χ0n) is 14.7. The summed E-state index contributed by atoms with van der Waals surface area (Å²) in [6.07, 6.45) is 6.34. The number of nitrogens with zero attached hydrogens (tertiary/aromatic N) is 4. The van der Waals surface area contributed by atoms with Crippen molar-refractivity contribution in [3.8, 4) is 11.4 Å². The second-order valence-corrected chi connectivity index (χ2v) is 7.25. The average molecular weight is 312 g/mol. The lowest BCUT2D eigenvalue weighted by atomic mass is 9.99. The molecule has 23 heavy (non-hydrogen) atoms. The summed E-state index contributed by atoms with van der Waals surface area (Å²) in [4.78, 5) is 7.26. The molecule has 0 N–H and O–H groups in total. The molecule has 1 saturated heterocycles. The Balaban J connectivity index is 1.67. The van der Waals surface area contributed by atoms with Gasteiger partial charge in [0.15, 0.2) is 0 Å². The van der Waals surface area contributed by atoms with E-state index < -0.39 is 0 Å². The van der Waals surface area contributed by atoms with Crippen molar-refractivity contribution in [2.75, 3.05) is 13.1 Å². The summed E-state index contributed by atoms with van der Waals surface area (Å²) in [7, 11) is 0. The maximum atomic E-state index is 4.69. The lowest BCUT2D eigenvalue weighted by molar-refractivity contribution is 0.265. The minimum Gasteiger partial charge on any atom is -0.301 e. The number of likely N-dealkylation sites (tertiary alicyclic amines) is 1. The number of hydrogen-bond donors (Lipinski definition) is 0. The molecule has 124 valence electrons.